The first-order valence-corrected chi connectivity index (χ1v) is 12.8. The summed E-state index contributed by atoms with van der Waals surface area (Å²) in [5, 5.41) is 20.9. The number of ether oxygens (including phenoxy) is 1. The monoisotopic (exact) mass is 518 g/mol. The van der Waals surface area contributed by atoms with Gasteiger partial charge >= 0.3 is 5.97 Å². The van der Waals surface area contributed by atoms with E-state index in [4.69, 9.17) is 16.3 Å². The number of rotatable bonds is 9. The number of hydrogen-bond acceptors (Lipinski definition) is 5. The van der Waals surface area contributed by atoms with Crippen LogP contribution in [0.4, 0.5) is 5.69 Å². The third-order valence-electron chi connectivity index (χ3n) is 8.32. The molecule has 3 heterocycles. The van der Waals surface area contributed by atoms with Gasteiger partial charge in [-0.15, -0.1) is 6.58 Å². The number of anilines is 1. The average molecular weight is 519 g/mol. The molecule has 1 aromatic rings. The number of nitrogens with zero attached hydrogens (tertiary/aromatic N) is 2. The minimum Gasteiger partial charge on any atom is -0.481 e. The lowest BCUT2D eigenvalue weighted by Gasteiger charge is -2.40. The highest BCUT2D eigenvalue weighted by Gasteiger charge is 2.80. The molecule has 0 aliphatic carbocycles. The number of aliphatic carboxylic acids is 1. The fourth-order valence-corrected chi connectivity index (χ4v) is 7.04. The largest absolute Gasteiger partial charge is 0.481 e. The summed E-state index contributed by atoms with van der Waals surface area (Å²) >= 11 is 6.47. The molecule has 4 rings (SSSR count). The van der Waals surface area contributed by atoms with Gasteiger partial charge in [-0.3, -0.25) is 14.4 Å². The molecule has 7 atom stereocenters. The number of aliphatic hydroxyl groups excluding tert-OH is 1. The normalized spacial score (nSPS) is 33.6. The highest BCUT2D eigenvalue weighted by molar-refractivity contribution is 6.34. The van der Waals surface area contributed by atoms with E-state index in [1.807, 2.05) is 20.8 Å². The van der Waals surface area contributed by atoms with Gasteiger partial charge in [0.15, 0.2) is 0 Å². The van der Waals surface area contributed by atoms with Crippen LogP contribution in [-0.2, 0) is 19.1 Å². The minimum absolute atomic E-state index is 0.125. The third-order valence-corrected chi connectivity index (χ3v) is 8.64. The highest BCUT2D eigenvalue weighted by Crippen LogP contribution is 2.65. The van der Waals surface area contributed by atoms with E-state index in [1.54, 1.807) is 37.3 Å². The predicted octanol–water partition coefficient (Wildman–Crippen LogP) is 3.36. The van der Waals surface area contributed by atoms with Crippen LogP contribution in [0.5, 0.6) is 0 Å². The molecule has 1 spiro atoms. The first kappa shape index (κ1) is 26.6. The van der Waals surface area contributed by atoms with Crippen LogP contribution in [0.2, 0.25) is 5.02 Å². The van der Waals surface area contributed by atoms with Gasteiger partial charge in [-0.05, 0) is 43.7 Å². The molecule has 1 aromatic carbocycles. The van der Waals surface area contributed by atoms with Crippen molar-refractivity contribution in [2.45, 2.75) is 63.8 Å². The lowest BCUT2D eigenvalue weighted by Crippen LogP contribution is -2.59. The SMILES string of the molecule is C=CCN(C(=O)C1N([C@@H](CO)CC(C)C)C(=O)[C@@H]2[C@@H](C(=O)O)[C@]3(C)OC12CC3C)c1ccccc1Cl. The molecule has 9 heteroatoms. The summed E-state index contributed by atoms with van der Waals surface area (Å²) in [6.07, 6.45) is 2.39. The van der Waals surface area contributed by atoms with E-state index in [0.29, 0.717) is 23.6 Å². The van der Waals surface area contributed by atoms with Gasteiger partial charge in [0, 0.05) is 6.54 Å². The van der Waals surface area contributed by atoms with Crippen molar-refractivity contribution in [2.75, 3.05) is 18.1 Å². The molecule has 196 valence electrons. The Morgan fingerprint density at radius 1 is 1.36 bits per heavy atom. The van der Waals surface area contributed by atoms with E-state index >= 15 is 0 Å². The van der Waals surface area contributed by atoms with Crippen LogP contribution in [-0.4, -0.2) is 69.3 Å². The summed E-state index contributed by atoms with van der Waals surface area (Å²) in [4.78, 5) is 43.9. The van der Waals surface area contributed by atoms with E-state index in [9.17, 15) is 24.6 Å². The standard InChI is InChI=1S/C27H35ClN2O6/c1-6-11-29(19-10-8-7-9-18(19)28)24(33)22-27-13-16(4)26(5,36-27)21(25(34)35)20(27)23(32)30(22)17(14-31)12-15(2)3/h6-10,15-17,20-22,31H,1,11-14H2,2-5H3,(H,34,35)/t16?,17-,20+,21+,22?,26-,27?/m1/s1. The number of para-hydroxylation sites is 1. The number of fused-ring (bicyclic) bond motifs is 1. The molecule has 2 N–H and O–H groups in total. The molecule has 2 amide bonds. The molecule has 0 radical (unpaired) electrons. The van der Waals surface area contributed by atoms with E-state index in [0.717, 1.165) is 0 Å². The molecular weight excluding hydrogens is 484 g/mol. The third kappa shape index (κ3) is 3.76. The number of benzene rings is 1. The van der Waals surface area contributed by atoms with Gasteiger partial charge in [0.1, 0.15) is 17.6 Å². The number of carbonyl (C=O) groups excluding carboxylic acids is 2. The van der Waals surface area contributed by atoms with Crippen LogP contribution in [0.3, 0.4) is 0 Å². The molecule has 3 aliphatic rings. The van der Waals surface area contributed by atoms with Gasteiger partial charge in [-0.2, -0.15) is 0 Å². The van der Waals surface area contributed by atoms with Crippen molar-refractivity contribution >= 4 is 35.1 Å². The molecular formula is C27H35ClN2O6. The fourth-order valence-electron chi connectivity index (χ4n) is 6.80. The van der Waals surface area contributed by atoms with Gasteiger partial charge in [0.2, 0.25) is 5.91 Å². The van der Waals surface area contributed by atoms with Crippen molar-refractivity contribution in [2.24, 2.45) is 23.7 Å². The minimum atomic E-state index is -1.32. The maximum atomic E-state index is 14.5. The number of aliphatic hydroxyl groups is 1. The molecule has 3 aliphatic heterocycles. The zero-order valence-electron chi connectivity index (χ0n) is 21.2. The topological polar surface area (TPSA) is 107 Å². The Kier molecular flexibility index (Phi) is 7.01. The lowest BCUT2D eigenvalue weighted by molar-refractivity contribution is -0.157. The van der Waals surface area contributed by atoms with E-state index < -0.39 is 52.9 Å². The number of amides is 2. The number of carbonyl (C=O) groups is 3. The molecule has 3 unspecified atom stereocenters. The molecule has 36 heavy (non-hydrogen) atoms. The van der Waals surface area contributed by atoms with E-state index in [1.165, 1.54) is 9.80 Å². The second-order valence-corrected chi connectivity index (χ2v) is 11.3. The predicted molar refractivity (Wildman–Crippen MR) is 136 cm³/mol. The van der Waals surface area contributed by atoms with Crippen molar-refractivity contribution in [3.05, 3.63) is 41.9 Å². The lowest BCUT2D eigenvalue weighted by atomic mass is 9.62. The van der Waals surface area contributed by atoms with Gasteiger partial charge in [0.25, 0.3) is 5.91 Å². The van der Waals surface area contributed by atoms with Crippen molar-refractivity contribution < 1.29 is 29.3 Å². The Bertz CT molecular complexity index is 1080. The van der Waals surface area contributed by atoms with Crippen LogP contribution in [0, 0.1) is 23.7 Å². The molecule has 0 aromatic heterocycles. The summed E-state index contributed by atoms with van der Waals surface area (Å²) in [6, 6.07) is 5.14. The Labute approximate surface area is 216 Å². The Balaban J connectivity index is 1.90. The number of hydrogen-bond donors (Lipinski definition) is 2. The summed E-state index contributed by atoms with van der Waals surface area (Å²) in [5.74, 6) is -4.18. The van der Waals surface area contributed by atoms with Crippen molar-refractivity contribution in [1.29, 1.82) is 0 Å². The quantitative estimate of drug-likeness (QED) is 0.485. The Morgan fingerprint density at radius 3 is 2.58 bits per heavy atom. The van der Waals surface area contributed by atoms with Gasteiger partial charge in [-0.25, -0.2) is 0 Å². The zero-order valence-corrected chi connectivity index (χ0v) is 21.9. The Morgan fingerprint density at radius 2 is 2.03 bits per heavy atom. The van der Waals surface area contributed by atoms with Gasteiger partial charge in [0.05, 0.1) is 34.9 Å². The van der Waals surface area contributed by atoms with Crippen LogP contribution in [0.25, 0.3) is 0 Å². The molecule has 8 nitrogen and oxygen atoms in total. The molecule has 3 saturated heterocycles. The van der Waals surface area contributed by atoms with E-state index in [-0.39, 0.29) is 25.0 Å². The van der Waals surface area contributed by atoms with Crippen LogP contribution < -0.4 is 4.90 Å². The second kappa shape index (κ2) is 9.47. The van der Waals surface area contributed by atoms with Crippen molar-refractivity contribution in [1.82, 2.24) is 4.90 Å². The summed E-state index contributed by atoms with van der Waals surface area (Å²) in [6.45, 7) is 11.1. The number of carboxylic acid groups (broad SMARTS) is 1. The van der Waals surface area contributed by atoms with Crippen LogP contribution in [0.15, 0.2) is 36.9 Å². The van der Waals surface area contributed by atoms with E-state index in [2.05, 4.69) is 6.58 Å². The number of likely N-dealkylation sites (tertiary alicyclic amines) is 1. The smallest absolute Gasteiger partial charge is 0.310 e. The molecule has 0 saturated carbocycles. The number of halogens is 1. The van der Waals surface area contributed by atoms with Gasteiger partial charge in [-0.1, -0.05) is 50.6 Å². The average Bonchev–Trinajstić information content (AvgIpc) is 3.32. The van der Waals surface area contributed by atoms with Crippen molar-refractivity contribution in [3.8, 4) is 0 Å². The fraction of sp³-hybridized carbons (Fsp3) is 0.593. The second-order valence-electron chi connectivity index (χ2n) is 10.9. The highest BCUT2D eigenvalue weighted by atomic mass is 35.5. The first-order chi connectivity index (χ1) is 16.9. The first-order valence-electron chi connectivity index (χ1n) is 12.5. The summed E-state index contributed by atoms with van der Waals surface area (Å²) in [5.41, 5.74) is -1.95. The molecule has 3 fully saturated rings. The maximum absolute atomic E-state index is 14.5. The Hall–Kier alpha value is -2.42. The van der Waals surface area contributed by atoms with Crippen LogP contribution >= 0.6 is 11.6 Å². The zero-order chi connectivity index (χ0) is 26.6. The molecule has 2 bridgehead atoms. The van der Waals surface area contributed by atoms with Crippen LogP contribution in [0.1, 0.15) is 40.5 Å². The maximum Gasteiger partial charge on any atom is 0.310 e. The number of carboxylic acids is 1. The van der Waals surface area contributed by atoms with Gasteiger partial charge < -0.3 is 24.7 Å². The van der Waals surface area contributed by atoms with Crippen molar-refractivity contribution in [3.63, 3.8) is 0 Å². The summed E-state index contributed by atoms with van der Waals surface area (Å²) in [7, 11) is 0. The summed E-state index contributed by atoms with van der Waals surface area (Å²) < 4.78 is 6.55.